The van der Waals surface area contributed by atoms with Crippen molar-refractivity contribution in [3.8, 4) is 0 Å². The monoisotopic (exact) mass is 317 g/mol. The Bertz CT molecular complexity index is 561. The van der Waals surface area contributed by atoms with Crippen molar-refractivity contribution in [1.29, 1.82) is 0 Å². The van der Waals surface area contributed by atoms with Crippen LogP contribution in [0.3, 0.4) is 0 Å². The number of nitrogens with one attached hydrogen (secondary N) is 1. The summed E-state index contributed by atoms with van der Waals surface area (Å²) in [6.45, 7) is 5.62. The number of rotatable bonds is 8. The molecule has 0 spiro atoms. The van der Waals surface area contributed by atoms with Crippen LogP contribution in [0.1, 0.15) is 19.4 Å². The molecule has 7 heteroatoms. The number of hydrogen-bond acceptors (Lipinski definition) is 5. The third kappa shape index (κ3) is 6.39. The molecule has 0 fully saturated rings. The molecule has 5 nitrogen and oxygen atoms in total. The summed E-state index contributed by atoms with van der Waals surface area (Å²) < 4.78 is 36.7. The molecule has 0 saturated heterocycles. The standard InChI is InChI=1S/C14H24FN3O2S/c1-11(2)9-16-10-12-5-6-17-14(13(12)15)18(3)7-8-21(4,19)20/h5-6,11,16H,7-10H2,1-4H3. The molecule has 21 heavy (non-hydrogen) atoms. The zero-order valence-corrected chi connectivity index (χ0v) is 13.9. The van der Waals surface area contributed by atoms with Gasteiger partial charge in [-0.05, 0) is 18.5 Å². The highest BCUT2D eigenvalue weighted by Crippen LogP contribution is 2.18. The van der Waals surface area contributed by atoms with Crippen LogP contribution >= 0.6 is 0 Å². The number of pyridine rings is 1. The second-order valence-corrected chi connectivity index (χ2v) is 7.94. The molecule has 0 aliphatic rings. The lowest BCUT2D eigenvalue weighted by Crippen LogP contribution is -2.27. The van der Waals surface area contributed by atoms with Crippen molar-refractivity contribution in [2.45, 2.75) is 20.4 Å². The predicted molar refractivity (Wildman–Crippen MR) is 83.7 cm³/mol. The van der Waals surface area contributed by atoms with Crippen LogP contribution in [0.25, 0.3) is 0 Å². The Balaban J connectivity index is 2.75. The van der Waals surface area contributed by atoms with E-state index >= 15 is 0 Å². The van der Waals surface area contributed by atoms with Crippen molar-refractivity contribution in [2.24, 2.45) is 5.92 Å². The Morgan fingerprint density at radius 1 is 1.43 bits per heavy atom. The molecule has 1 heterocycles. The highest BCUT2D eigenvalue weighted by Gasteiger charge is 2.14. The van der Waals surface area contributed by atoms with Crippen LogP contribution in [0.5, 0.6) is 0 Å². The van der Waals surface area contributed by atoms with Crippen LogP contribution in [0, 0.1) is 11.7 Å². The molecule has 1 aromatic rings. The average molecular weight is 317 g/mol. The molecule has 0 aliphatic carbocycles. The summed E-state index contributed by atoms with van der Waals surface area (Å²) in [5, 5.41) is 3.18. The van der Waals surface area contributed by atoms with Gasteiger partial charge in [-0.25, -0.2) is 17.8 Å². The Morgan fingerprint density at radius 2 is 2.10 bits per heavy atom. The molecule has 0 radical (unpaired) electrons. The maximum absolute atomic E-state index is 14.4. The lowest BCUT2D eigenvalue weighted by atomic mass is 10.2. The van der Waals surface area contributed by atoms with Gasteiger partial charge >= 0.3 is 0 Å². The third-order valence-electron chi connectivity index (χ3n) is 2.98. The number of anilines is 1. The minimum absolute atomic E-state index is 0.0273. The molecule has 1 N–H and O–H groups in total. The summed E-state index contributed by atoms with van der Waals surface area (Å²) >= 11 is 0. The van der Waals surface area contributed by atoms with Gasteiger partial charge in [-0.1, -0.05) is 13.8 Å². The molecule has 0 amide bonds. The zero-order chi connectivity index (χ0) is 16.0. The molecule has 120 valence electrons. The zero-order valence-electron chi connectivity index (χ0n) is 13.1. The first-order chi connectivity index (χ1) is 9.70. The van der Waals surface area contributed by atoms with E-state index in [1.807, 2.05) is 0 Å². The van der Waals surface area contributed by atoms with Gasteiger partial charge in [0.25, 0.3) is 0 Å². The van der Waals surface area contributed by atoms with Gasteiger partial charge in [-0.3, -0.25) is 0 Å². The van der Waals surface area contributed by atoms with Gasteiger partial charge in [-0.2, -0.15) is 0 Å². The minimum Gasteiger partial charge on any atom is -0.356 e. The predicted octanol–water partition coefficient (Wildman–Crippen LogP) is 1.45. The Morgan fingerprint density at radius 3 is 2.67 bits per heavy atom. The number of halogens is 1. The first-order valence-corrected chi connectivity index (χ1v) is 8.99. The normalized spacial score (nSPS) is 11.9. The van der Waals surface area contributed by atoms with Crippen molar-refractivity contribution in [3.63, 3.8) is 0 Å². The van der Waals surface area contributed by atoms with E-state index in [-0.39, 0.29) is 18.1 Å². The summed E-state index contributed by atoms with van der Waals surface area (Å²) in [6.07, 6.45) is 2.71. The van der Waals surface area contributed by atoms with E-state index in [2.05, 4.69) is 24.1 Å². The van der Waals surface area contributed by atoms with Crippen LogP contribution in [0.15, 0.2) is 12.3 Å². The Kier molecular flexibility index (Phi) is 6.54. The number of hydrogen-bond donors (Lipinski definition) is 1. The van der Waals surface area contributed by atoms with Crippen LogP contribution in [-0.2, 0) is 16.4 Å². The summed E-state index contributed by atoms with van der Waals surface area (Å²) in [6, 6.07) is 1.64. The summed E-state index contributed by atoms with van der Waals surface area (Å²) in [7, 11) is -1.44. The molecule has 0 unspecified atom stereocenters. The van der Waals surface area contributed by atoms with Crippen LogP contribution < -0.4 is 10.2 Å². The topological polar surface area (TPSA) is 62.3 Å². The van der Waals surface area contributed by atoms with E-state index in [4.69, 9.17) is 0 Å². The lowest BCUT2D eigenvalue weighted by Gasteiger charge is -2.19. The fourth-order valence-corrected chi connectivity index (χ4v) is 2.38. The second kappa shape index (κ2) is 7.70. The maximum Gasteiger partial charge on any atom is 0.170 e. The highest BCUT2D eigenvalue weighted by molar-refractivity contribution is 7.90. The van der Waals surface area contributed by atoms with E-state index in [1.165, 1.54) is 4.90 Å². The molecule has 0 aromatic carbocycles. The van der Waals surface area contributed by atoms with Gasteiger partial charge in [0.1, 0.15) is 9.84 Å². The molecular weight excluding hydrogens is 293 g/mol. The average Bonchev–Trinajstić information content (AvgIpc) is 2.37. The van der Waals surface area contributed by atoms with Crippen molar-refractivity contribution in [1.82, 2.24) is 10.3 Å². The van der Waals surface area contributed by atoms with Crippen molar-refractivity contribution >= 4 is 15.7 Å². The summed E-state index contributed by atoms with van der Waals surface area (Å²) in [5.41, 5.74) is 0.534. The van der Waals surface area contributed by atoms with Gasteiger partial charge in [0.05, 0.1) is 5.75 Å². The smallest absolute Gasteiger partial charge is 0.170 e. The van der Waals surface area contributed by atoms with Crippen LogP contribution in [0.4, 0.5) is 10.2 Å². The Labute approximate surface area is 126 Å². The van der Waals surface area contributed by atoms with Gasteiger partial charge in [-0.15, -0.1) is 0 Å². The molecule has 0 aliphatic heterocycles. The number of sulfone groups is 1. The summed E-state index contributed by atoms with van der Waals surface area (Å²) in [4.78, 5) is 5.54. The van der Waals surface area contributed by atoms with Gasteiger partial charge in [0.2, 0.25) is 0 Å². The van der Waals surface area contributed by atoms with E-state index < -0.39 is 15.7 Å². The van der Waals surface area contributed by atoms with Crippen LogP contribution in [-0.4, -0.2) is 45.5 Å². The van der Waals surface area contributed by atoms with Gasteiger partial charge in [0.15, 0.2) is 11.6 Å². The molecule has 0 saturated carbocycles. The van der Waals surface area contributed by atoms with Crippen molar-refractivity contribution in [3.05, 3.63) is 23.6 Å². The second-order valence-electron chi connectivity index (χ2n) is 5.68. The van der Waals surface area contributed by atoms with Crippen LogP contribution in [0.2, 0.25) is 0 Å². The molecule has 0 bridgehead atoms. The van der Waals surface area contributed by atoms with Crippen molar-refractivity contribution in [2.75, 3.05) is 37.0 Å². The largest absolute Gasteiger partial charge is 0.356 e. The molecule has 0 atom stereocenters. The molecule has 1 rings (SSSR count). The van der Waals surface area contributed by atoms with E-state index in [1.54, 1.807) is 19.3 Å². The fourth-order valence-electron chi connectivity index (χ4n) is 1.78. The van der Waals surface area contributed by atoms with Gasteiger partial charge < -0.3 is 10.2 Å². The first kappa shape index (κ1) is 17.8. The van der Waals surface area contributed by atoms with Gasteiger partial charge in [0, 0.05) is 38.2 Å². The maximum atomic E-state index is 14.4. The molecule has 1 aromatic heterocycles. The highest BCUT2D eigenvalue weighted by atomic mass is 32.2. The third-order valence-corrected chi connectivity index (χ3v) is 3.90. The molecular formula is C14H24FN3O2S. The number of nitrogens with zero attached hydrogens (tertiary/aromatic N) is 2. The fraction of sp³-hybridized carbons (Fsp3) is 0.643. The minimum atomic E-state index is -3.08. The van der Waals surface area contributed by atoms with Crippen molar-refractivity contribution < 1.29 is 12.8 Å². The Hall–Kier alpha value is -1.21. The number of aromatic nitrogens is 1. The summed E-state index contributed by atoms with van der Waals surface area (Å²) in [5.74, 6) is 0.250. The van der Waals surface area contributed by atoms with E-state index in [9.17, 15) is 12.8 Å². The SMILES string of the molecule is CC(C)CNCc1ccnc(N(C)CCS(C)(=O)=O)c1F. The quantitative estimate of drug-likeness (QED) is 0.786. The lowest BCUT2D eigenvalue weighted by molar-refractivity contribution is 0.532. The van der Waals surface area contributed by atoms with E-state index in [0.29, 0.717) is 18.0 Å². The first-order valence-electron chi connectivity index (χ1n) is 6.93. The van der Waals surface area contributed by atoms with E-state index in [0.717, 1.165) is 12.8 Å².